The molecule has 3 aliphatic rings. The number of carbonyl (C=O) groups is 1. The van der Waals surface area contributed by atoms with Gasteiger partial charge in [0.05, 0.1) is 0 Å². The first-order chi connectivity index (χ1) is 12.7. The second kappa shape index (κ2) is 7.82. The zero-order valence-corrected chi connectivity index (χ0v) is 15.9. The van der Waals surface area contributed by atoms with Crippen LogP contribution in [0.5, 0.6) is 0 Å². The van der Waals surface area contributed by atoms with Crippen molar-refractivity contribution in [2.75, 3.05) is 44.2 Å². The number of nitrogens with zero attached hydrogens (tertiary/aromatic N) is 4. The molecule has 1 unspecified atom stereocenters. The predicted molar refractivity (Wildman–Crippen MR) is 104 cm³/mol. The molecule has 2 saturated heterocycles. The Labute approximate surface area is 156 Å². The number of amides is 2. The Morgan fingerprint density at radius 1 is 1.15 bits per heavy atom. The van der Waals surface area contributed by atoms with E-state index in [9.17, 15) is 4.79 Å². The normalized spacial score (nSPS) is 24.6. The van der Waals surface area contributed by atoms with Crippen molar-refractivity contribution in [2.24, 2.45) is 0 Å². The molecule has 26 heavy (non-hydrogen) atoms. The van der Waals surface area contributed by atoms with Crippen molar-refractivity contribution < 1.29 is 4.79 Å². The molecular weight excluding hydrogens is 326 g/mol. The smallest absolute Gasteiger partial charge is 0.317 e. The van der Waals surface area contributed by atoms with Crippen LogP contribution in [0.2, 0.25) is 0 Å². The third-order valence-corrected chi connectivity index (χ3v) is 5.97. The topological polar surface area (TPSA) is 51.7 Å². The van der Waals surface area contributed by atoms with Gasteiger partial charge in [-0.05, 0) is 56.8 Å². The number of carbonyl (C=O) groups excluding carboxylic acids is 1. The van der Waals surface area contributed by atoms with E-state index in [-0.39, 0.29) is 6.03 Å². The lowest BCUT2D eigenvalue weighted by Gasteiger charge is -2.38. The Morgan fingerprint density at radius 2 is 1.96 bits per heavy atom. The average molecular weight is 358 g/mol. The first-order valence-corrected chi connectivity index (χ1v) is 10.2. The van der Waals surface area contributed by atoms with Crippen LogP contribution in [0.15, 0.2) is 18.3 Å². The summed E-state index contributed by atoms with van der Waals surface area (Å²) < 4.78 is 0. The summed E-state index contributed by atoms with van der Waals surface area (Å²) in [6.45, 7) is 7.33. The van der Waals surface area contributed by atoms with Crippen LogP contribution in [0.3, 0.4) is 0 Å². The molecule has 0 spiro atoms. The first-order valence-electron chi connectivity index (χ1n) is 10.2. The van der Waals surface area contributed by atoms with Gasteiger partial charge in [-0.25, -0.2) is 9.78 Å². The first kappa shape index (κ1) is 17.6. The minimum absolute atomic E-state index is 0.100. The van der Waals surface area contributed by atoms with Gasteiger partial charge in [-0.2, -0.15) is 0 Å². The van der Waals surface area contributed by atoms with Crippen molar-refractivity contribution >= 4 is 11.8 Å². The number of hydrogen-bond donors (Lipinski definition) is 1. The number of pyridine rings is 1. The average Bonchev–Trinajstić information content (AvgIpc) is 3.52. The largest absolute Gasteiger partial charge is 0.353 e. The molecule has 0 radical (unpaired) electrons. The van der Waals surface area contributed by atoms with E-state index in [4.69, 9.17) is 0 Å². The quantitative estimate of drug-likeness (QED) is 0.898. The van der Waals surface area contributed by atoms with E-state index in [2.05, 4.69) is 33.1 Å². The van der Waals surface area contributed by atoms with E-state index in [1.807, 2.05) is 17.2 Å². The number of nitrogens with one attached hydrogen (secondary N) is 1. The van der Waals surface area contributed by atoms with Gasteiger partial charge in [0, 0.05) is 51.0 Å². The molecule has 3 heterocycles. The zero-order valence-electron chi connectivity index (χ0n) is 15.9. The predicted octanol–water partition coefficient (Wildman–Crippen LogP) is 2.24. The summed E-state index contributed by atoms with van der Waals surface area (Å²) in [7, 11) is 0. The van der Waals surface area contributed by atoms with Crippen molar-refractivity contribution in [3.63, 3.8) is 0 Å². The fourth-order valence-electron chi connectivity index (χ4n) is 4.28. The molecular formula is C20H31N5O. The van der Waals surface area contributed by atoms with Crippen LogP contribution in [0.4, 0.5) is 10.6 Å². The summed E-state index contributed by atoms with van der Waals surface area (Å²) >= 11 is 0. The summed E-state index contributed by atoms with van der Waals surface area (Å²) in [6.07, 6.45) is 8.39. The Bertz CT molecular complexity index is 624. The SMILES string of the molecule is Cc1ccnc(N2CCN(C(=O)NCC3CCCCN3C3CC3)CC2)c1. The molecule has 6 nitrogen and oxygen atoms in total. The number of aromatic nitrogens is 1. The number of likely N-dealkylation sites (tertiary alicyclic amines) is 1. The van der Waals surface area contributed by atoms with Crippen LogP contribution >= 0.6 is 0 Å². The third-order valence-electron chi connectivity index (χ3n) is 5.97. The van der Waals surface area contributed by atoms with Gasteiger partial charge in [0.1, 0.15) is 5.82 Å². The number of piperidine rings is 1. The summed E-state index contributed by atoms with van der Waals surface area (Å²) in [5.74, 6) is 1.02. The van der Waals surface area contributed by atoms with Gasteiger partial charge in [0.15, 0.2) is 0 Å². The molecule has 2 aliphatic heterocycles. The summed E-state index contributed by atoms with van der Waals surface area (Å²) in [4.78, 5) is 23.9. The number of anilines is 1. The standard InChI is InChI=1S/C20H31N5O/c1-16-7-8-21-19(14-16)23-10-12-24(13-11-23)20(26)22-15-18-4-2-3-9-25(18)17-5-6-17/h7-8,14,17-18H,2-6,9-13,15H2,1H3,(H,22,26). The Hall–Kier alpha value is -1.82. The Morgan fingerprint density at radius 3 is 2.69 bits per heavy atom. The van der Waals surface area contributed by atoms with Gasteiger partial charge in [0.2, 0.25) is 0 Å². The molecule has 4 rings (SSSR count). The van der Waals surface area contributed by atoms with Gasteiger partial charge in [-0.1, -0.05) is 6.42 Å². The molecule has 1 saturated carbocycles. The molecule has 1 N–H and O–H groups in total. The van der Waals surface area contributed by atoms with E-state index in [0.29, 0.717) is 6.04 Å². The highest BCUT2D eigenvalue weighted by molar-refractivity contribution is 5.74. The van der Waals surface area contributed by atoms with Gasteiger partial charge >= 0.3 is 6.03 Å². The Kier molecular flexibility index (Phi) is 5.29. The maximum atomic E-state index is 12.6. The number of piperazine rings is 1. The number of urea groups is 1. The summed E-state index contributed by atoms with van der Waals surface area (Å²) in [5.41, 5.74) is 1.22. The minimum Gasteiger partial charge on any atom is -0.353 e. The van der Waals surface area contributed by atoms with Crippen molar-refractivity contribution in [1.29, 1.82) is 0 Å². The van der Waals surface area contributed by atoms with E-state index in [1.165, 1.54) is 44.2 Å². The molecule has 2 amide bonds. The Balaban J connectivity index is 1.24. The maximum Gasteiger partial charge on any atom is 0.317 e. The number of aryl methyl sites for hydroxylation is 1. The molecule has 1 atom stereocenters. The van der Waals surface area contributed by atoms with Crippen LogP contribution in [0.25, 0.3) is 0 Å². The minimum atomic E-state index is 0.100. The molecule has 3 fully saturated rings. The van der Waals surface area contributed by atoms with Crippen LogP contribution in [-0.2, 0) is 0 Å². The van der Waals surface area contributed by atoms with Crippen LogP contribution in [0.1, 0.15) is 37.7 Å². The lowest BCUT2D eigenvalue weighted by atomic mass is 10.0. The summed E-state index contributed by atoms with van der Waals surface area (Å²) in [5, 5.41) is 3.21. The van der Waals surface area contributed by atoms with Gasteiger partial charge in [0.25, 0.3) is 0 Å². The third kappa shape index (κ3) is 4.11. The molecule has 1 aromatic rings. The number of hydrogen-bond acceptors (Lipinski definition) is 4. The lowest BCUT2D eigenvalue weighted by Crippen LogP contribution is -2.54. The monoisotopic (exact) mass is 357 g/mol. The highest BCUT2D eigenvalue weighted by Gasteiger charge is 2.35. The molecule has 142 valence electrons. The van der Waals surface area contributed by atoms with Crippen LogP contribution < -0.4 is 10.2 Å². The van der Waals surface area contributed by atoms with Crippen molar-refractivity contribution in [2.45, 2.75) is 51.1 Å². The fourth-order valence-corrected chi connectivity index (χ4v) is 4.28. The molecule has 6 heteroatoms. The van der Waals surface area contributed by atoms with Crippen LogP contribution in [-0.4, -0.2) is 72.2 Å². The van der Waals surface area contributed by atoms with E-state index < -0.39 is 0 Å². The maximum absolute atomic E-state index is 12.6. The van der Waals surface area contributed by atoms with Crippen molar-refractivity contribution in [1.82, 2.24) is 20.1 Å². The summed E-state index contributed by atoms with van der Waals surface area (Å²) in [6, 6.07) is 5.57. The molecule has 1 aliphatic carbocycles. The van der Waals surface area contributed by atoms with Gasteiger partial charge < -0.3 is 15.1 Å². The van der Waals surface area contributed by atoms with E-state index >= 15 is 0 Å². The zero-order chi connectivity index (χ0) is 17.9. The van der Waals surface area contributed by atoms with Gasteiger partial charge in [-0.3, -0.25) is 4.90 Å². The highest BCUT2D eigenvalue weighted by Crippen LogP contribution is 2.32. The molecule has 1 aromatic heterocycles. The molecule has 0 bridgehead atoms. The van der Waals surface area contributed by atoms with E-state index in [1.54, 1.807) is 0 Å². The number of rotatable bonds is 4. The molecule has 0 aromatic carbocycles. The van der Waals surface area contributed by atoms with Crippen molar-refractivity contribution in [3.05, 3.63) is 23.9 Å². The lowest BCUT2D eigenvalue weighted by molar-refractivity contribution is 0.133. The van der Waals surface area contributed by atoms with Crippen LogP contribution in [0, 0.1) is 6.92 Å². The highest BCUT2D eigenvalue weighted by atomic mass is 16.2. The second-order valence-electron chi connectivity index (χ2n) is 7.97. The fraction of sp³-hybridized carbons (Fsp3) is 0.700. The van der Waals surface area contributed by atoms with Crippen molar-refractivity contribution in [3.8, 4) is 0 Å². The van der Waals surface area contributed by atoms with E-state index in [0.717, 1.165) is 44.6 Å². The van der Waals surface area contributed by atoms with Gasteiger partial charge in [-0.15, -0.1) is 0 Å². The second-order valence-corrected chi connectivity index (χ2v) is 7.97.